The zero-order valence-electron chi connectivity index (χ0n) is 19.0. The summed E-state index contributed by atoms with van der Waals surface area (Å²) in [6, 6.07) is 31.0. The normalized spacial score (nSPS) is 10.8. The van der Waals surface area contributed by atoms with Crippen molar-refractivity contribution in [3.05, 3.63) is 130 Å². The Morgan fingerprint density at radius 3 is 2.00 bits per heavy atom. The lowest BCUT2D eigenvalue weighted by Crippen LogP contribution is -2.01. The summed E-state index contributed by atoms with van der Waals surface area (Å²) in [5, 5.41) is 1.68. The monoisotopic (exact) mass is 450 g/mol. The molecule has 0 fully saturated rings. The number of rotatable bonds is 3. The van der Waals surface area contributed by atoms with Crippen LogP contribution in [0.15, 0.2) is 102 Å². The molecule has 0 amide bonds. The van der Waals surface area contributed by atoms with Crippen LogP contribution in [-0.2, 0) is 0 Å². The molecule has 5 aromatic rings. The predicted octanol–water partition coefficient (Wildman–Crippen LogP) is 7.76. The highest BCUT2D eigenvalue weighted by Gasteiger charge is 2.08. The predicted molar refractivity (Wildman–Crippen MR) is 141 cm³/mol. The van der Waals surface area contributed by atoms with E-state index in [4.69, 9.17) is 0 Å². The molecule has 0 spiro atoms. The van der Waals surface area contributed by atoms with E-state index in [1.54, 1.807) is 11.3 Å². The highest BCUT2D eigenvalue weighted by molar-refractivity contribution is 7.24. The standard InChI is InChI=1S/C16H14OS.C14H12O/c1-10(2)11-7-8-15-13(9-11)16(17)12-5-3-4-6-14(12)18-15;1-11-7-9-13(10-8-11)14(15)12-5-3-2-4-6-12/h3-10H,1-2H3;2-10H,1H3. The molecular weight excluding hydrogens is 424 g/mol. The van der Waals surface area contributed by atoms with Gasteiger partial charge < -0.3 is 0 Å². The van der Waals surface area contributed by atoms with Crippen LogP contribution in [0.25, 0.3) is 20.2 Å². The summed E-state index contributed by atoms with van der Waals surface area (Å²) in [7, 11) is 0. The van der Waals surface area contributed by atoms with Crippen molar-refractivity contribution in [1.29, 1.82) is 0 Å². The van der Waals surface area contributed by atoms with E-state index < -0.39 is 0 Å². The second kappa shape index (κ2) is 9.93. The molecule has 2 nitrogen and oxygen atoms in total. The van der Waals surface area contributed by atoms with E-state index in [2.05, 4.69) is 26.0 Å². The van der Waals surface area contributed by atoms with Crippen molar-refractivity contribution in [2.45, 2.75) is 26.7 Å². The molecule has 3 heteroatoms. The third kappa shape index (κ3) is 5.10. The zero-order valence-corrected chi connectivity index (χ0v) is 19.9. The minimum absolute atomic E-state index is 0.0793. The molecule has 1 aromatic heterocycles. The Bertz CT molecular complexity index is 1460. The van der Waals surface area contributed by atoms with E-state index in [1.807, 2.05) is 91.9 Å². The third-order valence-corrected chi connectivity index (χ3v) is 6.77. The Morgan fingerprint density at radius 1 is 0.697 bits per heavy atom. The molecule has 0 radical (unpaired) electrons. The second-order valence-corrected chi connectivity index (χ2v) is 9.48. The van der Waals surface area contributed by atoms with E-state index in [0.29, 0.717) is 5.92 Å². The number of aryl methyl sites for hydroxylation is 1. The molecule has 0 bridgehead atoms. The molecule has 4 aromatic carbocycles. The van der Waals surface area contributed by atoms with Crippen LogP contribution in [0, 0.1) is 6.92 Å². The molecule has 0 unspecified atom stereocenters. The minimum atomic E-state index is 0.0793. The summed E-state index contributed by atoms with van der Waals surface area (Å²) in [5.41, 5.74) is 4.02. The number of fused-ring (bicyclic) bond motifs is 2. The lowest BCUT2D eigenvalue weighted by Gasteiger charge is -2.07. The summed E-state index contributed by atoms with van der Waals surface area (Å²) in [4.78, 5) is 24.4. The Kier molecular flexibility index (Phi) is 6.81. The Hall–Kier alpha value is -3.56. The van der Waals surface area contributed by atoms with Gasteiger partial charge in [0.2, 0.25) is 0 Å². The van der Waals surface area contributed by atoms with E-state index >= 15 is 0 Å². The second-order valence-electron chi connectivity index (χ2n) is 8.40. The van der Waals surface area contributed by atoms with Crippen molar-refractivity contribution >= 4 is 37.3 Å². The smallest absolute Gasteiger partial charge is 0.195 e. The fourth-order valence-corrected chi connectivity index (χ4v) is 4.69. The van der Waals surface area contributed by atoms with Gasteiger partial charge in [0, 0.05) is 31.3 Å². The van der Waals surface area contributed by atoms with Crippen molar-refractivity contribution in [3.63, 3.8) is 0 Å². The maximum Gasteiger partial charge on any atom is 0.195 e. The summed E-state index contributed by atoms with van der Waals surface area (Å²) in [6.45, 7) is 6.31. The topological polar surface area (TPSA) is 34.1 Å². The van der Waals surface area contributed by atoms with E-state index in [9.17, 15) is 9.59 Å². The summed E-state index contributed by atoms with van der Waals surface area (Å²) in [6.07, 6.45) is 0. The largest absolute Gasteiger partial charge is 0.289 e. The molecule has 33 heavy (non-hydrogen) atoms. The molecule has 0 saturated heterocycles. The van der Waals surface area contributed by atoms with Gasteiger partial charge in [-0.15, -0.1) is 11.3 Å². The van der Waals surface area contributed by atoms with Crippen LogP contribution >= 0.6 is 11.3 Å². The molecule has 0 N–H and O–H groups in total. The number of benzene rings is 4. The molecule has 0 saturated carbocycles. The first-order valence-corrected chi connectivity index (χ1v) is 11.9. The third-order valence-electron chi connectivity index (χ3n) is 5.62. The number of carbonyl (C=O) groups excluding carboxylic acids is 1. The van der Waals surface area contributed by atoms with E-state index in [1.165, 1.54) is 11.1 Å². The van der Waals surface area contributed by atoms with Crippen molar-refractivity contribution in [2.75, 3.05) is 0 Å². The van der Waals surface area contributed by atoms with Gasteiger partial charge in [0.05, 0.1) is 0 Å². The van der Waals surface area contributed by atoms with E-state index in [-0.39, 0.29) is 11.2 Å². The van der Waals surface area contributed by atoms with Crippen LogP contribution in [0.4, 0.5) is 0 Å². The number of ketones is 1. The summed E-state index contributed by atoms with van der Waals surface area (Å²) in [5.74, 6) is 0.529. The van der Waals surface area contributed by atoms with Crippen LogP contribution in [-0.4, -0.2) is 5.78 Å². The Balaban J connectivity index is 0.000000160. The van der Waals surface area contributed by atoms with Crippen molar-refractivity contribution in [3.8, 4) is 0 Å². The number of carbonyl (C=O) groups is 1. The van der Waals surface area contributed by atoms with Gasteiger partial charge in [0.1, 0.15) is 0 Å². The van der Waals surface area contributed by atoms with E-state index in [0.717, 1.165) is 31.3 Å². The fourth-order valence-electron chi connectivity index (χ4n) is 3.64. The van der Waals surface area contributed by atoms with Crippen molar-refractivity contribution in [2.24, 2.45) is 0 Å². The lowest BCUT2D eigenvalue weighted by atomic mass is 10.0. The van der Waals surface area contributed by atoms with Gasteiger partial charge in [0.15, 0.2) is 11.2 Å². The Labute approximate surface area is 198 Å². The first kappa shape index (κ1) is 22.6. The summed E-state index contributed by atoms with van der Waals surface area (Å²) >= 11 is 1.69. The van der Waals surface area contributed by atoms with Gasteiger partial charge in [-0.3, -0.25) is 9.59 Å². The molecule has 0 aliphatic carbocycles. The minimum Gasteiger partial charge on any atom is -0.289 e. The van der Waals surface area contributed by atoms with Gasteiger partial charge in [-0.1, -0.05) is 92.2 Å². The van der Waals surface area contributed by atoms with Gasteiger partial charge >= 0.3 is 0 Å². The Morgan fingerprint density at radius 2 is 1.30 bits per heavy atom. The maximum absolute atomic E-state index is 12.5. The average molecular weight is 451 g/mol. The molecular formula is C30H26O2S. The van der Waals surface area contributed by atoms with Gasteiger partial charge in [-0.25, -0.2) is 0 Å². The number of hydrogen-bond donors (Lipinski definition) is 0. The van der Waals surface area contributed by atoms with Gasteiger partial charge in [0.25, 0.3) is 0 Å². The first-order valence-electron chi connectivity index (χ1n) is 11.1. The van der Waals surface area contributed by atoms with Gasteiger partial charge in [-0.05, 0) is 42.7 Å². The molecule has 1 heterocycles. The van der Waals surface area contributed by atoms with Crippen molar-refractivity contribution < 1.29 is 4.79 Å². The lowest BCUT2D eigenvalue weighted by molar-refractivity contribution is 0.103. The highest BCUT2D eigenvalue weighted by atomic mass is 32.1. The quantitative estimate of drug-likeness (QED) is 0.208. The summed E-state index contributed by atoms with van der Waals surface area (Å²) < 4.78 is 2.13. The molecule has 0 aliphatic rings. The zero-order chi connectivity index (χ0) is 23.4. The highest BCUT2D eigenvalue weighted by Crippen LogP contribution is 2.27. The van der Waals surface area contributed by atoms with Crippen LogP contribution in [0.5, 0.6) is 0 Å². The van der Waals surface area contributed by atoms with Crippen LogP contribution in [0.3, 0.4) is 0 Å². The first-order chi connectivity index (χ1) is 15.9. The van der Waals surface area contributed by atoms with Crippen LogP contribution in [0.2, 0.25) is 0 Å². The average Bonchev–Trinajstić information content (AvgIpc) is 2.85. The van der Waals surface area contributed by atoms with Crippen molar-refractivity contribution in [1.82, 2.24) is 0 Å². The molecule has 0 atom stereocenters. The SMILES string of the molecule is CC(C)c1ccc2sc3ccccc3c(=O)c2c1.Cc1ccc(C(=O)c2ccccc2)cc1. The fraction of sp³-hybridized carbons (Fsp3) is 0.133. The number of hydrogen-bond acceptors (Lipinski definition) is 3. The maximum atomic E-state index is 12.5. The molecule has 0 aliphatic heterocycles. The molecule has 164 valence electrons. The van der Waals surface area contributed by atoms with Gasteiger partial charge in [-0.2, -0.15) is 0 Å². The van der Waals surface area contributed by atoms with Crippen LogP contribution in [0.1, 0.15) is 46.8 Å². The van der Waals surface area contributed by atoms with Crippen LogP contribution < -0.4 is 5.43 Å². The molecule has 5 rings (SSSR count).